The molecule has 1 atom stereocenters. The predicted octanol–water partition coefficient (Wildman–Crippen LogP) is 3.77. The highest BCUT2D eigenvalue weighted by Gasteiger charge is 2.28. The van der Waals surface area contributed by atoms with E-state index in [2.05, 4.69) is 52.2 Å². The number of hydrogen-bond donors (Lipinski definition) is 2. The van der Waals surface area contributed by atoms with Gasteiger partial charge in [0.1, 0.15) is 5.75 Å². The Morgan fingerprint density at radius 2 is 1.76 bits per heavy atom. The van der Waals surface area contributed by atoms with Gasteiger partial charge in [-0.3, -0.25) is 4.79 Å². The average Bonchev–Trinajstić information content (AvgIpc) is 3.02. The van der Waals surface area contributed by atoms with Gasteiger partial charge >= 0.3 is 0 Å². The van der Waals surface area contributed by atoms with Gasteiger partial charge in [0.2, 0.25) is 0 Å². The van der Waals surface area contributed by atoms with E-state index in [1.54, 1.807) is 7.11 Å². The number of methoxy groups -OCH3 is 1. The van der Waals surface area contributed by atoms with Crippen molar-refractivity contribution in [2.45, 2.75) is 71.3 Å². The minimum Gasteiger partial charge on any atom is -0.496 e. The molecule has 1 aliphatic heterocycles. The van der Waals surface area contributed by atoms with Crippen molar-refractivity contribution in [2.75, 3.05) is 20.2 Å². The molecule has 25 heavy (non-hydrogen) atoms. The summed E-state index contributed by atoms with van der Waals surface area (Å²) in [6.45, 7) is 14.9. The molecule has 0 aromatic heterocycles. The normalized spacial score (nSPS) is 18.3. The number of hydrogen-bond acceptors (Lipinski definition) is 3. The standard InChI is InChI=1S/C21H34N2O2/c1-20(2,3)16-11-15(18(25-7)12-17(16)21(4,5)6)19(24)23-13-14-9-8-10-22-14/h11-12,14,22H,8-10,13H2,1-7H3,(H,23,24)/t14-/m0/s1. The number of carbonyl (C=O) groups excluding carboxylic acids is 1. The van der Waals surface area contributed by atoms with Crippen LogP contribution in [0.25, 0.3) is 0 Å². The zero-order chi connectivity index (χ0) is 18.8. The molecule has 1 fully saturated rings. The lowest BCUT2D eigenvalue weighted by molar-refractivity contribution is 0.0947. The highest BCUT2D eigenvalue weighted by molar-refractivity contribution is 5.97. The lowest BCUT2D eigenvalue weighted by Gasteiger charge is -2.31. The largest absolute Gasteiger partial charge is 0.496 e. The van der Waals surface area contributed by atoms with Crippen LogP contribution in [0.4, 0.5) is 0 Å². The third-order valence-corrected chi connectivity index (χ3v) is 4.87. The third-order valence-electron chi connectivity index (χ3n) is 4.87. The van der Waals surface area contributed by atoms with Gasteiger partial charge in [-0.25, -0.2) is 0 Å². The minimum absolute atomic E-state index is 0.0152. The highest BCUT2D eigenvalue weighted by atomic mass is 16.5. The van der Waals surface area contributed by atoms with Gasteiger partial charge < -0.3 is 15.4 Å². The van der Waals surface area contributed by atoms with Crippen molar-refractivity contribution in [2.24, 2.45) is 0 Å². The molecule has 1 heterocycles. The summed E-state index contributed by atoms with van der Waals surface area (Å²) < 4.78 is 5.57. The molecule has 0 radical (unpaired) electrons. The van der Waals surface area contributed by atoms with Crippen LogP contribution < -0.4 is 15.4 Å². The van der Waals surface area contributed by atoms with Crippen LogP contribution in [0.3, 0.4) is 0 Å². The van der Waals surface area contributed by atoms with Gasteiger partial charge in [-0.05, 0) is 53.5 Å². The van der Waals surface area contributed by atoms with E-state index in [1.807, 2.05) is 12.1 Å². The molecule has 1 aromatic rings. The van der Waals surface area contributed by atoms with E-state index in [9.17, 15) is 4.79 Å². The molecular formula is C21H34N2O2. The molecule has 4 nitrogen and oxygen atoms in total. The zero-order valence-corrected chi connectivity index (χ0v) is 16.9. The molecule has 0 bridgehead atoms. The van der Waals surface area contributed by atoms with Crippen LogP contribution in [0, 0.1) is 0 Å². The summed E-state index contributed by atoms with van der Waals surface area (Å²) >= 11 is 0. The van der Waals surface area contributed by atoms with Crippen LogP contribution in [0.2, 0.25) is 0 Å². The van der Waals surface area contributed by atoms with Crippen molar-refractivity contribution >= 4 is 5.91 Å². The first kappa shape index (κ1) is 19.8. The maximum absolute atomic E-state index is 12.8. The molecule has 0 spiro atoms. The maximum atomic E-state index is 12.8. The Balaban J connectivity index is 2.37. The second kappa shape index (κ2) is 7.36. The molecule has 4 heteroatoms. The molecule has 2 N–H and O–H groups in total. The second-order valence-electron chi connectivity index (χ2n) is 9.10. The van der Waals surface area contributed by atoms with E-state index < -0.39 is 0 Å². The summed E-state index contributed by atoms with van der Waals surface area (Å²) in [7, 11) is 1.63. The molecule has 1 saturated heterocycles. The number of ether oxygens (including phenoxy) is 1. The number of rotatable bonds is 4. The van der Waals surface area contributed by atoms with Crippen molar-refractivity contribution in [1.29, 1.82) is 0 Å². The van der Waals surface area contributed by atoms with Gasteiger partial charge in [0.25, 0.3) is 5.91 Å². The van der Waals surface area contributed by atoms with Crippen molar-refractivity contribution < 1.29 is 9.53 Å². The quantitative estimate of drug-likeness (QED) is 0.872. The van der Waals surface area contributed by atoms with Crippen LogP contribution in [-0.4, -0.2) is 32.1 Å². The summed E-state index contributed by atoms with van der Waals surface area (Å²) in [5.74, 6) is 0.589. The SMILES string of the molecule is COc1cc(C(C)(C)C)c(C(C)(C)C)cc1C(=O)NC[C@@H]1CCCN1. The zero-order valence-electron chi connectivity index (χ0n) is 16.9. The van der Waals surface area contributed by atoms with E-state index >= 15 is 0 Å². The van der Waals surface area contributed by atoms with Gasteiger partial charge in [-0.1, -0.05) is 41.5 Å². The fraction of sp³-hybridized carbons (Fsp3) is 0.667. The molecule has 1 aromatic carbocycles. The first-order valence-electron chi connectivity index (χ1n) is 9.28. The van der Waals surface area contributed by atoms with Gasteiger partial charge in [0.05, 0.1) is 12.7 Å². The smallest absolute Gasteiger partial charge is 0.255 e. The Morgan fingerprint density at radius 1 is 1.16 bits per heavy atom. The number of carbonyl (C=O) groups is 1. The lowest BCUT2D eigenvalue weighted by Crippen LogP contribution is -2.37. The summed E-state index contributed by atoms with van der Waals surface area (Å²) in [5, 5.41) is 6.48. The van der Waals surface area contributed by atoms with Crippen LogP contribution in [0.15, 0.2) is 12.1 Å². The first-order chi connectivity index (χ1) is 11.5. The van der Waals surface area contributed by atoms with Crippen molar-refractivity contribution in [3.05, 3.63) is 28.8 Å². The van der Waals surface area contributed by atoms with Crippen molar-refractivity contribution in [1.82, 2.24) is 10.6 Å². The highest BCUT2D eigenvalue weighted by Crippen LogP contribution is 2.38. The van der Waals surface area contributed by atoms with Gasteiger partial charge in [0.15, 0.2) is 0 Å². The van der Waals surface area contributed by atoms with Crippen LogP contribution in [-0.2, 0) is 10.8 Å². The molecule has 0 aliphatic carbocycles. The molecular weight excluding hydrogens is 312 g/mol. The summed E-state index contributed by atoms with van der Waals surface area (Å²) in [6.07, 6.45) is 2.30. The molecule has 2 rings (SSSR count). The van der Waals surface area contributed by atoms with Crippen LogP contribution in [0.1, 0.15) is 75.9 Å². The van der Waals surface area contributed by atoms with Gasteiger partial charge in [-0.2, -0.15) is 0 Å². The molecule has 0 saturated carbocycles. The Hall–Kier alpha value is -1.55. The van der Waals surface area contributed by atoms with Gasteiger partial charge in [-0.15, -0.1) is 0 Å². The van der Waals surface area contributed by atoms with E-state index in [0.717, 1.165) is 13.0 Å². The number of nitrogens with one attached hydrogen (secondary N) is 2. The maximum Gasteiger partial charge on any atom is 0.255 e. The van der Waals surface area contributed by atoms with Crippen LogP contribution >= 0.6 is 0 Å². The average molecular weight is 347 g/mol. The first-order valence-corrected chi connectivity index (χ1v) is 9.28. The van der Waals surface area contributed by atoms with Crippen LogP contribution in [0.5, 0.6) is 5.75 Å². The fourth-order valence-electron chi connectivity index (χ4n) is 3.41. The predicted molar refractivity (Wildman–Crippen MR) is 104 cm³/mol. The van der Waals surface area contributed by atoms with E-state index in [4.69, 9.17) is 4.74 Å². The summed E-state index contributed by atoms with van der Waals surface area (Å²) in [5.41, 5.74) is 2.99. The third kappa shape index (κ3) is 4.75. The monoisotopic (exact) mass is 346 g/mol. The lowest BCUT2D eigenvalue weighted by atomic mass is 9.74. The van der Waals surface area contributed by atoms with E-state index in [-0.39, 0.29) is 16.7 Å². The van der Waals surface area contributed by atoms with Crippen molar-refractivity contribution in [3.63, 3.8) is 0 Å². The fourth-order valence-corrected chi connectivity index (χ4v) is 3.41. The summed E-state index contributed by atoms with van der Waals surface area (Å²) in [4.78, 5) is 12.8. The Morgan fingerprint density at radius 3 is 2.24 bits per heavy atom. The second-order valence-corrected chi connectivity index (χ2v) is 9.10. The molecule has 0 unspecified atom stereocenters. The van der Waals surface area contributed by atoms with E-state index in [0.29, 0.717) is 23.9 Å². The Bertz CT molecular complexity index is 618. The van der Waals surface area contributed by atoms with E-state index in [1.165, 1.54) is 17.5 Å². The Kier molecular flexibility index (Phi) is 5.82. The number of benzene rings is 1. The number of amides is 1. The van der Waals surface area contributed by atoms with Gasteiger partial charge in [0, 0.05) is 12.6 Å². The molecule has 1 amide bonds. The topological polar surface area (TPSA) is 50.4 Å². The Labute approximate surface area is 152 Å². The molecule has 140 valence electrons. The molecule has 1 aliphatic rings. The van der Waals surface area contributed by atoms with Crippen molar-refractivity contribution in [3.8, 4) is 5.75 Å². The summed E-state index contributed by atoms with van der Waals surface area (Å²) in [6, 6.07) is 4.45. The minimum atomic E-state index is -0.0588.